The van der Waals surface area contributed by atoms with Gasteiger partial charge in [-0.05, 0) is 18.2 Å². The van der Waals surface area contributed by atoms with Gasteiger partial charge in [0.2, 0.25) is 0 Å². The van der Waals surface area contributed by atoms with Crippen LogP contribution >= 0.6 is 0 Å². The van der Waals surface area contributed by atoms with Crippen LogP contribution in [0, 0.1) is 5.82 Å². The van der Waals surface area contributed by atoms with E-state index in [4.69, 9.17) is 4.74 Å². The topological polar surface area (TPSA) is 26.3 Å². The van der Waals surface area contributed by atoms with Crippen LogP contribution < -0.4 is 4.74 Å². The van der Waals surface area contributed by atoms with Crippen molar-refractivity contribution in [3.8, 4) is 5.75 Å². The van der Waals surface area contributed by atoms with Crippen LogP contribution in [0.5, 0.6) is 5.75 Å². The van der Waals surface area contributed by atoms with Crippen molar-refractivity contribution in [3.05, 3.63) is 65.5 Å². The summed E-state index contributed by atoms with van der Waals surface area (Å²) in [4.78, 5) is 12.3. The molecule has 0 N–H and O–H groups in total. The average Bonchev–Trinajstić information content (AvgIpc) is 2.41. The van der Waals surface area contributed by atoms with Crippen LogP contribution in [0.15, 0.2) is 48.5 Å². The number of benzene rings is 2. The van der Waals surface area contributed by atoms with Crippen molar-refractivity contribution >= 4 is 5.78 Å². The molecule has 0 aromatic heterocycles. The van der Waals surface area contributed by atoms with E-state index in [1.165, 1.54) is 6.07 Å². The van der Waals surface area contributed by atoms with Gasteiger partial charge >= 0.3 is 0 Å². The summed E-state index contributed by atoms with van der Waals surface area (Å²) in [5.41, 5.74) is 0.925. The van der Waals surface area contributed by atoms with Crippen LogP contribution in [0.4, 0.5) is 4.39 Å². The molecule has 0 amide bonds. The molecule has 0 unspecified atom stereocenters. The van der Waals surface area contributed by atoms with Crippen molar-refractivity contribution in [1.82, 2.24) is 0 Å². The van der Waals surface area contributed by atoms with Crippen LogP contribution in [0.1, 0.15) is 21.8 Å². The first-order valence-corrected chi connectivity index (χ1v) is 5.78. The Morgan fingerprint density at radius 1 is 1.06 bits per heavy atom. The fourth-order valence-electron chi connectivity index (χ4n) is 2.22. The highest BCUT2D eigenvalue weighted by Gasteiger charge is 2.31. The Morgan fingerprint density at radius 2 is 1.78 bits per heavy atom. The van der Waals surface area contributed by atoms with Gasteiger partial charge in [0, 0.05) is 5.56 Å². The van der Waals surface area contributed by atoms with Crippen LogP contribution in [0.2, 0.25) is 0 Å². The summed E-state index contributed by atoms with van der Waals surface area (Å²) in [5, 5.41) is 0. The van der Waals surface area contributed by atoms with E-state index in [2.05, 4.69) is 0 Å². The molecule has 3 heteroatoms. The molecule has 0 aliphatic carbocycles. The van der Waals surface area contributed by atoms with Gasteiger partial charge in [0.15, 0.2) is 5.78 Å². The van der Waals surface area contributed by atoms with Crippen molar-refractivity contribution < 1.29 is 13.9 Å². The van der Waals surface area contributed by atoms with Crippen LogP contribution in [-0.4, -0.2) is 12.4 Å². The number of fused-ring (bicyclic) bond motifs is 1. The Kier molecular flexibility index (Phi) is 2.59. The van der Waals surface area contributed by atoms with Crippen molar-refractivity contribution in [2.24, 2.45) is 0 Å². The molecule has 90 valence electrons. The third kappa shape index (κ3) is 1.68. The second-order valence-corrected chi connectivity index (χ2v) is 4.25. The zero-order valence-corrected chi connectivity index (χ0v) is 9.60. The molecule has 0 bridgehead atoms. The summed E-state index contributed by atoms with van der Waals surface area (Å²) in [6.45, 7) is 0.191. The molecule has 1 aliphatic rings. The lowest BCUT2D eigenvalue weighted by atomic mass is 9.89. The van der Waals surface area contributed by atoms with Gasteiger partial charge in [-0.1, -0.05) is 30.3 Å². The van der Waals surface area contributed by atoms with Crippen molar-refractivity contribution in [2.45, 2.75) is 5.92 Å². The summed E-state index contributed by atoms with van der Waals surface area (Å²) in [6, 6.07) is 13.4. The number of para-hydroxylation sites is 1. The third-order valence-corrected chi connectivity index (χ3v) is 3.16. The van der Waals surface area contributed by atoms with E-state index < -0.39 is 5.92 Å². The molecule has 0 spiro atoms. The lowest BCUT2D eigenvalue weighted by molar-refractivity contribution is 0.0893. The molecule has 2 aromatic carbocycles. The standard InChI is InChI=1S/C15H11FO2/c16-13-7-3-1-5-10(13)12-9-18-14-8-4-2-6-11(14)15(12)17/h1-8,12H,9H2/t12-/m0/s1. The van der Waals surface area contributed by atoms with Crippen LogP contribution in [0.25, 0.3) is 0 Å². The number of carbonyl (C=O) groups is 1. The monoisotopic (exact) mass is 242 g/mol. The lowest BCUT2D eigenvalue weighted by Gasteiger charge is -2.24. The predicted molar refractivity (Wildman–Crippen MR) is 65.4 cm³/mol. The summed E-state index contributed by atoms with van der Waals surface area (Å²) in [7, 11) is 0. The Balaban J connectivity index is 2.03. The summed E-state index contributed by atoms with van der Waals surface area (Å²) in [6.07, 6.45) is 0. The maximum atomic E-state index is 13.7. The molecular formula is C15H11FO2. The Labute approximate surface area is 104 Å². The molecule has 18 heavy (non-hydrogen) atoms. The number of halogens is 1. The lowest BCUT2D eigenvalue weighted by Crippen LogP contribution is -2.26. The van der Waals surface area contributed by atoms with Crippen molar-refractivity contribution in [2.75, 3.05) is 6.61 Å². The first-order valence-electron chi connectivity index (χ1n) is 5.78. The van der Waals surface area contributed by atoms with Crippen LogP contribution in [0.3, 0.4) is 0 Å². The number of hydrogen-bond acceptors (Lipinski definition) is 2. The summed E-state index contributed by atoms with van der Waals surface area (Å²) < 4.78 is 19.2. The zero-order valence-electron chi connectivity index (χ0n) is 9.60. The number of ether oxygens (including phenoxy) is 1. The second-order valence-electron chi connectivity index (χ2n) is 4.25. The number of hydrogen-bond donors (Lipinski definition) is 0. The fourth-order valence-corrected chi connectivity index (χ4v) is 2.22. The first-order chi connectivity index (χ1) is 8.77. The number of ketones is 1. The molecule has 0 saturated heterocycles. The average molecular weight is 242 g/mol. The highest BCUT2D eigenvalue weighted by atomic mass is 19.1. The normalized spacial score (nSPS) is 18.1. The maximum absolute atomic E-state index is 13.7. The van der Waals surface area contributed by atoms with E-state index in [9.17, 15) is 9.18 Å². The van der Waals surface area contributed by atoms with Gasteiger partial charge in [0.25, 0.3) is 0 Å². The van der Waals surface area contributed by atoms with E-state index in [0.29, 0.717) is 16.9 Å². The first kappa shape index (κ1) is 11.0. The molecule has 1 atom stereocenters. The summed E-state index contributed by atoms with van der Waals surface area (Å²) >= 11 is 0. The zero-order chi connectivity index (χ0) is 12.5. The molecule has 0 saturated carbocycles. The molecule has 3 rings (SSSR count). The molecule has 1 aliphatic heterocycles. The van der Waals surface area contributed by atoms with Gasteiger partial charge in [0.1, 0.15) is 18.2 Å². The highest BCUT2D eigenvalue weighted by Crippen LogP contribution is 2.32. The number of Topliss-reactive ketones (excluding diaryl/α,β-unsaturated/α-hetero) is 1. The minimum Gasteiger partial charge on any atom is -0.492 e. The predicted octanol–water partition coefficient (Wildman–Crippen LogP) is 3.18. The minimum absolute atomic E-state index is 0.0815. The Bertz CT molecular complexity index is 607. The molecule has 0 radical (unpaired) electrons. The number of rotatable bonds is 1. The van der Waals surface area contributed by atoms with Crippen LogP contribution in [-0.2, 0) is 0 Å². The maximum Gasteiger partial charge on any atom is 0.177 e. The molecule has 2 aromatic rings. The highest BCUT2D eigenvalue weighted by molar-refractivity contribution is 6.04. The number of carbonyl (C=O) groups excluding carboxylic acids is 1. The minimum atomic E-state index is -0.555. The Hall–Kier alpha value is -2.16. The smallest absolute Gasteiger partial charge is 0.177 e. The van der Waals surface area contributed by atoms with Gasteiger partial charge in [-0.25, -0.2) is 4.39 Å². The SMILES string of the molecule is O=C1c2ccccc2OC[C@H]1c1ccccc1F. The van der Waals surface area contributed by atoms with Gasteiger partial charge in [0.05, 0.1) is 11.5 Å². The van der Waals surface area contributed by atoms with Gasteiger partial charge in [-0.2, -0.15) is 0 Å². The van der Waals surface area contributed by atoms with E-state index in [1.807, 2.05) is 6.07 Å². The fraction of sp³-hybridized carbons (Fsp3) is 0.133. The second kappa shape index (κ2) is 4.26. The molecule has 2 nitrogen and oxygen atoms in total. The quantitative estimate of drug-likeness (QED) is 0.767. The van der Waals surface area contributed by atoms with E-state index >= 15 is 0 Å². The van der Waals surface area contributed by atoms with Gasteiger partial charge < -0.3 is 4.74 Å². The summed E-state index contributed by atoms with van der Waals surface area (Å²) in [5.74, 6) is -0.419. The van der Waals surface area contributed by atoms with Crippen molar-refractivity contribution in [3.63, 3.8) is 0 Å². The van der Waals surface area contributed by atoms with E-state index in [1.54, 1.807) is 36.4 Å². The van der Waals surface area contributed by atoms with E-state index in [-0.39, 0.29) is 18.2 Å². The Morgan fingerprint density at radius 3 is 2.61 bits per heavy atom. The molecular weight excluding hydrogens is 231 g/mol. The molecule has 0 fully saturated rings. The molecule has 1 heterocycles. The van der Waals surface area contributed by atoms with Gasteiger partial charge in [-0.15, -0.1) is 0 Å². The van der Waals surface area contributed by atoms with Crippen molar-refractivity contribution in [1.29, 1.82) is 0 Å². The third-order valence-electron chi connectivity index (χ3n) is 3.16. The largest absolute Gasteiger partial charge is 0.492 e. The van der Waals surface area contributed by atoms with Gasteiger partial charge in [-0.3, -0.25) is 4.79 Å². The van der Waals surface area contributed by atoms with E-state index in [0.717, 1.165) is 0 Å².